The number of benzene rings is 1. The minimum Gasteiger partial charge on any atom is -0.342 e. The van der Waals surface area contributed by atoms with Crippen LogP contribution in [0.2, 0.25) is 5.02 Å². The third-order valence-electron chi connectivity index (χ3n) is 5.76. The first kappa shape index (κ1) is 22.3. The highest BCUT2D eigenvalue weighted by molar-refractivity contribution is 6.30. The van der Waals surface area contributed by atoms with Crippen molar-refractivity contribution in [1.82, 2.24) is 10.2 Å². The molecule has 4 unspecified atom stereocenters. The summed E-state index contributed by atoms with van der Waals surface area (Å²) in [5, 5.41) is 4.20. The fourth-order valence-corrected chi connectivity index (χ4v) is 3.68. The minimum absolute atomic E-state index is 0. The fraction of sp³-hybridized carbons (Fsp3) is 0.650. The molecular weight excluding hydrogens is 355 g/mol. The molecule has 1 heterocycles. The molecular formula is C20H32Cl2N2O. The lowest BCUT2D eigenvalue weighted by atomic mass is 9.85. The summed E-state index contributed by atoms with van der Waals surface area (Å²) < 4.78 is 0. The predicted molar refractivity (Wildman–Crippen MR) is 109 cm³/mol. The molecule has 0 bridgehead atoms. The van der Waals surface area contributed by atoms with E-state index in [1.54, 1.807) is 0 Å². The van der Waals surface area contributed by atoms with Crippen molar-refractivity contribution in [3.05, 3.63) is 34.9 Å². The van der Waals surface area contributed by atoms with E-state index in [-0.39, 0.29) is 30.3 Å². The van der Waals surface area contributed by atoms with Crippen LogP contribution in [0.1, 0.15) is 51.5 Å². The number of likely N-dealkylation sites (N-methyl/N-ethyl adjacent to an activating group) is 1. The number of nitrogens with one attached hydrogen (secondary N) is 1. The number of carbonyl (C=O) groups excluding carboxylic acids is 1. The molecule has 1 aliphatic rings. The van der Waals surface area contributed by atoms with Crippen molar-refractivity contribution in [2.75, 3.05) is 20.1 Å². The molecule has 5 heteroatoms. The van der Waals surface area contributed by atoms with Gasteiger partial charge in [0.1, 0.15) is 0 Å². The SMILES string of the molecule is CC(CC(=O)N(C)C(C)C(C)c1ccc(Cl)cc1)C1CCCNC1.Cl. The lowest BCUT2D eigenvalue weighted by Gasteiger charge is -2.33. The molecule has 142 valence electrons. The van der Waals surface area contributed by atoms with Crippen molar-refractivity contribution in [1.29, 1.82) is 0 Å². The van der Waals surface area contributed by atoms with E-state index < -0.39 is 0 Å². The van der Waals surface area contributed by atoms with E-state index in [1.165, 1.54) is 18.4 Å². The highest BCUT2D eigenvalue weighted by Gasteiger charge is 2.27. The minimum atomic E-state index is 0. The van der Waals surface area contributed by atoms with Gasteiger partial charge in [0.25, 0.3) is 0 Å². The highest BCUT2D eigenvalue weighted by atomic mass is 35.5. The Morgan fingerprint density at radius 3 is 2.48 bits per heavy atom. The topological polar surface area (TPSA) is 32.3 Å². The van der Waals surface area contributed by atoms with Crippen molar-refractivity contribution < 1.29 is 4.79 Å². The maximum atomic E-state index is 12.7. The van der Waals surface area contributed by atoms with Crippen molar-refractivity contribution in [3.8, 4) is 0 Å². The number of carbonyl (C=O) groups is 1. The van der Waals surface area contributed by atoms with E-state index in [4.69, 9.17) is 11.6 Å². The first-order valence-electron chi connectivity index (χ1n) is 9.12. The summed E-state index contributed by atoms with van der Waals surface area (Å²) >= 11 is 5.97. The number of hydrogen-bond donors (Lipinski definition) is 1. The molecule has 1 fully saturated rings. The van der Waals surface area contributed by atoms with Gasteiger partial charge in [-0.15, -0.1) is 12.4 Å². The van der Waals surface area contributed by atoms with Crippen molar-refractivity contribution >= 4 is 29.9 Å². The van der Waals surface area contributed by atoms with Gasteiger partial charge in [-0.3, -0.25) is 4.79 Å². The number of nitrogens with zero attached hydrogens (tertiary/aromatic N) is 1. The second-order valence-electron chi connectivity index (χ2n) is 7.37. The number of hydrogen-bond acceptors (Lipinski definition) is 2. The normalized spacial score (nSPS) is 20.9. The fourth-order valence-electron chi connectivity index (χ4n) is 3.56. The molecule has 1 aromatic carbocycles. The number of rotatable bonds is 6. The lowest BCUT2D eigenvalue weighted by Crippen LogP contribution is -2.40. The van der Waals surface area contributed by atoms with Gasteiger partial charge in [-0.05, 0) is 62.4 Å². The van der Waals surface area contributed by atoms with Crippen LogP contribution in [-0.2, 0) is 4.79 Å². The third kappa shape index (κ3) is 6.16. The molecule has 0 aromatic heterocycles. The van der Waals surface area contributed by atoms with Crippen LogP contribution in [-0.4, -0.2) is 37.0 Å². The summed E-state index contributed by atoms with van der Waals surface area (Å²) in [6, 6.07) is 8.10. The van der Waals surface area contributed by atoms with Gasteiger partial charge in [0, 0.05) is 30.5 Å². The molecule has 1 amide bonds. The molecule has 0 spiro atoms. The van der Waals surface area contributed by atoms with Crippen molar-refractivity contribution in [2.45, 2.75) is 52.0 Å². The van der Waals surface area contributed by atoms with Gasteiger partial charge < -0.3 is 10.2 Å². The van der Waals surface area contributed by atoms with Crippen LogP contribution in [0.3, 0.4) is 0 Å². The van der Waals surface area contributed by atoms with Crippen LogP contribution >= 0.6 is 24.0 Å². The monoisotopic (exact) mass is 386 g/mol. The maximum Gasteiger partial charge on any atom is 0.222 e. The summed E-state index contributed by atoms with van der Waals surface area (Å²) in [4.78, 5) is 14.6. The van der Waals surface area contributed by atoms with E-state index in [0.717, 1.165) is 18.1 Å². The van der Waals surface area contributed by atoms with E-state index in [2.05, 4.69) is 38.2 Å². The Morgan fingerprint density at radius 1 is 1.28 bits per heavy atom. The zero-order chi connectivity index (χ0) is 17.7. The van der Waals surface area contributed by atoms with Crippen LogP contribution in [0.4, 0.5) is 0 Å². The van der Waals surface area contributed by atoms with Gasteiger partial charge in [0.15, 0.2) is 0 Å². The largest absolute Gasteiger partial charge is 0.342 e. The van der Waals surface area contributed by atoms with Gasteiger partial charge in [-0.1, -0.05) is 37.6 Å². The molecule has 4 atom stereocenters. The molecule has 1 N–H and O–H groups in total. The predicted octanol–water partition coefficient (Wildman–Crippen LogP) is 4.74. The van der Waals surface area contributed by atoms with Crippen LogP contribution in [0, 0.1) is 11.8 Å². The van der Waals surface area contributed by atoms with Crippen LogP contribution in [0.25, 0.3) is 0 Å². The molecule has 25 heavy (non-hydrogen) atoms. The average Bonchev–Trinajstić information content (AvgIpc) is 2.61. The zero-order valence-electron chi connectivity index (χ0n) is 15.8. The Hall–Kier alpha value is -0.770. The Morgan fingerprint density at radius 2 is 1.92 bits per heavy atom. The standard InChI is InChI=1S/C20H31ClN2O.ClH/c1-14(18-6-5-11-22-13-18)12-20(24)23(4)16(3)15(2)17-7-9-19(21)10-8-17;/h7-10,14-16,18,22H,5-6,11-13H2,1-4H3;1H. The Balaban J connectivity index is 0.00000312. The molecule has 1 aliphatic heterocycles. The molecule has 0 aliphatic carbocycles. The summed E-state index contributed by atoms with van der Waals surface area (Å²) in [6.45, 7) is 8.69. The number of amides is 1. The van der Waals surface area contributed by atoms with Gasteiger partial charge in [0.2, 0.25) is 5.91 Å². The molecule has 3 nitrogen and oxygen atoms in total. The van der Waals surface area contributed by atoms with Crippen LogP contribution in [0.5, 0.6) is 0 Å². The number of piperidine rings is 1. The Kier molecular flexibility index (Phi) is 9.26. The van der Waals surface area contributed by atoms with E-state index >= 15 is 0 Å². The molecule has 0 saturated carbocycles. The lowest BCUT2D eigenvalue weighted by molar-refractivity contribution is -0.133. The van der Waals surface area contributed by atoms with Gasteiger partial charge in [0.05, 0.1) is 0 Å². The molecule has 2 rings (SSSR count). The quantitative estimate of drug-likeness (QED) is 0.765. The van der Waals surface area contributed by atoms with Crippen LogP contribution in [0.15, 0.2) is 24.3 Å². The second-order valence-corrected chi connectivity index (χ2v) is 7.81. The Bertz CT molecular complexity index is 529. The van der Waals surface area contributed by atoms with E-state index in [1.807, 2.05) is 24.1 Å². The van der Waals surface area contributed by atoms with Gasteiger partial charge in [-0.25, -0.2) is 0 Å². The smallest absolute Gasteiger partial charge is 0.222 e. The maximum absolute atomic E-state index is 12.7. The molecule has 1 saturated heterocycles. The summed E-state index contributed by atoms with van der Waals surface area (Å²) in [6.07, 6.45) is 3.10. The first-order chi connectivity index (χ1) is 11.4. The molecule has 1 aromatic rings. The van der Waals surface area contributed by atoms with Gasteiger partial charge >= 0.3 is 0 Å². The molecule has 0 radical (unpaired) electrons. The van der Waals surface area contributed by atoms with E-state index in [9.17, 15) is 4.79 Å². The highest BCUT2D eigenvalue weighted by Crippen LogP contribution is 2.27. The average molecular weight is 387 g/mol. The third-order valence-corrected chi connectivity index (χ3v) is 6.01. The summed E-state index contributed by atoms with van der Waals surface area (Å²) in [7, 11) is 1.94. The van der Waals surface area contributed by atoms with E-state index in [0.29, 0.717) is 18.3 Å². The number of halogens is 2. The van der Waals surface area contributed by atoms with Crippen molar-refractivity contribution in [2.24, 2.45) is 11.8 Å². The van der Waals surface area contributed by atoms with Crippen molar-refractivity contribution in [3.63, 3.8) is 0 Å². The van der Waals surface area contributed by atoms with Gasteiger partial charge in [-0.2, -0.15) is 0 Å². The summed E-state index contributed by atoms with van der Waals surface area (Å²) in [5.41, 5.74) is 1.22. The zero-order valence-corrected chi connectivity index (χ0v) is 17.4. The van der Waals surface area contributed by atoms with Crippen LogP contribution < -0.4 is 5.32 Å². The summed E-state index contributed by atoms with van der Waals surface area (Å²) in [5.74, 6) is 1.59. The second kappa shape index (κ2) is 10.4. The Labute approximate surface area is 163 Å². The first-order valence-corrected chi connectivity index (χ1v) is 9.49.